The van der Waals surface area contributed by atoms with Crippen molar-refractivity contribution in [1.29, 1.82) is 0 Å². The van der Waals surface area contributed by atoms with Gasteiger partial charge in [0.15, 0.2) is 5.78 Å². The lowest BCUT2D eigenvalue weighted by molar-refractivity contribution is -0.153. The van der Waals surface area contributed by atoms with Gasteiger partial charge >= 0.3 is 5.97 Å². The molecule has 4 heteroatoms. The summed E-state index contributed by atoms with van der Waals surface area (Å²) in [5.41, 5.74) is 0.713. The minimum Gasteiger partial charge on any atom is -0.465 e. The lowest BCUT2D eigenvalue weighted by Gasteiger charge is -2.18. The predicted molar refractivity (Wildman–Crippen MR) is 87.2 cm³/mol. The maximum Gasteiger partial charge on any atom is 0.316 e. The van der Waals surface area contributed by atoms with Crippen LogP contribution in [0.15, 0.2) is 36.2 Å². The number of halogens is 1. The first-order valence-electron chi connectivity index (χ1n) is 8.00. The van der Waals surface area contributed by atoms with E-state index in [1.807, 2.05) is 25.1 Å². The quantitative estimate of drug-likeness (QED) is 0.555. The van der Waals surface area contributed by atoms with E-state index in [2.05, 4.69) is 0 Å². The molecule has 0 radical (unpaired) electrons. The summed E-state index contributed by atoms with van der Waals surface area (Å²) < 4.78 is 19.6. The van der Waals surface area contributed by atoms with Crippen molar-refractivity contribution in [3.8, 4) is 0 Å². The lowest BCUT2D eigenvalue weighted by atomic mass is 9.88. The zero-order chi connectivity index (χ0) is 17.0. The van der Waals surface area contributed by atoms with Gasteiger partial charge in [-0.2, -0.15) is 0 Å². The first kappa shape index (κ1) is 17.4. The van der Waals surface area contributed by atoms with E-state index in [4.69, 9.17) is 4.74 Å². The number of carbonyl (C=O) groups is 2. The van der Waals surface area contributed by atoms with Crippen molar-refractivity contribution >= 4 is 17.3 Å². The highest BCUT2D eigenvalue weighted by Crippen LogP contribution is 2.48. The first-order chi connectivity index (χ1) is 10.9. The maximum atomic E-state index is 14.6. The molecule has 0 amide bonds. The molecule has 23 heavy (non-hydrogen) atoms. The van der Waals surface area contributed by atoms with E-state index in [1.165, 1.54) is 0 Å². The summed E-state index contributed by atoms with van der Waals surface area (Å²) >= 11 is 0. The molecule has 1 aromatic carbocycles. The number of rotatable bonds is 7. The molecule has 1 saturated carbocycles. The molecule has 0 bridgehead atoms. The van der Waals surface area contributed by atoms with E-state index >= 15 is 0 Å². The van der Waals surface area contributed by atoms with Crippen LogP contribution >= 0.6 is 0 Å². The van der Waals surface area contributed by atoms with Crippen LogP contribution in [0, 0.1) is 11.3 Å². The summed E-state index contributed by atoms with van der Waals surface area (Å²) in [6.07, 6.45) is 1.28. The van der Waals surface area contributed by atoms with Crippen LogP contribution < -0.4 is 0 Å². The molecule has 1 atom stereocenters. The van der Waals surface area contributed by atoms with Gasteiger partial charge in [0.1, 0.15) is 11.7 Å². The van der Waals surface area contributed by atoms with Crippen molar-refractivity contribution in [1.82, 2.24) is 0 Å². The SMILES string of the molecule is CCOC(=O)C(C/C(F)=C(/C)c1ccccc1)C(=O)C1(C)CC1. The van der Waals surface area contributed by atoms with Crippen molar-refractivity contribution in [2.45, 2.75) is 40.0 Å². The molecule has 1 aliphatic carbocycles. The average molecular weight is 318 g/mol. The zero-order valence-electron chi connectivity index (χ0n) is 13.9. The molecule has 1 aromatic rings. The molecule has 0 spiro atoms. The second-order valence-electron chi connectivity index (χ2n) is 6.33. The van der Waals surface area contributed by atoms with Crippen molar-refractivity contribution < 1.29 is 18.7 Å². The predicted octanol–water partition coefficient (Wildman–Crippen LogP) is 4.33. The molecule has 0 aromatic heterocycles. The fraction of sp³-hybridized carbons (Fsp3) is 0.474. The Kier molecular flexibility index (Phi) is 5.34. The highest BCUT2D eigenvalue weighted by Gasteiger charge is 2.49. The monoisotopic (exact) mass is 318 g/mol. The smallest absolute Gasteiger partial charge is 0.316 e. The molecule has 3 nitrogen and oxygen atoms in total. The summed E-state index contributed by atoms with van der Waals surface area (Å²) in [4.78, 5) is 24.7. The van der Waals surface area contributed by atoms with Gasteiger partial charge in [-0.25, -0.2) is 4.39 Å². The molecule has 1 unspecified atom stereocenters. The lowest BCUT2D eigenvalue weighted by Crippen LogP contribution is -2.31. The van der Waals surface area contributed by atoms with Crippen LogP contribution in [0.5, 0.6) is 0 Å². The van der Waals surface area contributed by atoms with Gasteiger partial charge < -0.3 is 4.74 Å². The topological polar surface area (TPSA) is 43.4 Å². The molecule has 2 rings (SSSR count). The number of hydrogen-bond donors (Lipinski definition) is 0. The van der Waals surface area contributed by atoms with Gasteiger partial charge in [-0.05, 0) is 37.8 Å². The van der Waals surface area contributed by atoms with E-state index in [1.54, 1.807) is 26.0 Å². The summed E-state index contributed by atoms with van der Waals surface area (Å²) in [6, 6.07) is 9.11. The Bertz CT molecular complexity index is 615. The fourth-order valence-electron chi connectivity index (χ4n) is 2.56. The minimum atomic E-state index is -1.05. The van der Waals surface area contributed by atoms with Gasteiger partial charge in [0.25, 0.3) is 0 Å². The first-order valence-corrected chi connectivity index (χ1v) is 8.00. The standard InChI is InChI=1S/C19H23FO3/c1-4-23-18(22)15(17(21)19(3)10-11-19)12-16(20)13(2)14-8-6-5-7-9-14/h5-9,15H,4,10-12H2,1-3H3/b16-13+. The Morgan fingerprint density at radius 3 is 2.39 bits per heavy atom. The largest absolute Gasteiger partial charge is 0.465 e. The van der Waals surface area contributed by atoms with Gasteiger partial charge in [0, 0.05) is 11.8 Å². The normalized spacial score (nSPS) is 17.9. The van der Waals surface area contributed by atoms with E-state index in [9.17, 15) is 14.0 Å². The minimum absolute atomic E-state index is 0.183. The molecule has 0 heterocycles. The highest BCUT2D eigenvalue weighted by atomic mass is 19.1. The van der Waals surface area contributed by atoms with Crippen LogP contribution in [-0.2, 0) is 14.3 Å². The van der Waals surface area contributed by atoms with Crippen LogP contribution in [0.1, 0.15) is 45.6 Å². The number of esters is 1. The Balaban J connectivity index is 2.23. The number of hydrogen-bond acceptors (Lipinski definition) is 3. The Hall–Kier alpha value is -1.97. The number of benzene rings is 1. The van der Waals surface area contributed by atoms with Gasteiger partial charge in [0.05, 0.1) is 6.61 Å². The van der Waals surface area contributed by atoms with Gasteiger partial charge in [-0.3, -0.25) is 9.59 Å². The second kappa shape index (κ2) is 7.07. The third kappa shape index (κ3) is 4.06. The molecular weight excluding hydrogens is 295 g/mol. The van der Waals surface area contributed by atoms with Gasteiger partial charge in [-0.1, -0.05) is 37.3 Å². The number of ketones is 1. The van der Waals surface area contributed by atoms with Gasteiger partial charge in [-0.15, -0.1) is 0 Å². The molecule has 0 aliphatic heterocycles. The van der Waals surface area contributed by atoms with Crippen LogP contribution in [0.25, 0.3) is 5.57 Å². The Morgan fingerprint density at radius 2 is 1.87 bits per heavy atom. The maximum absolute atomic E-state index is 14.6. The summed E-state index contributed by atoms with van der Waals surface area (Å²) in [6.45, 7) is 5.35. The molecular formula is C19H23FO3. The summed E-state index contributed by atoms with van der Waals surface area (Å²) in [5.74, 6) is -2.32. The summed E-state index contributed by atoms with van der Waals surface area (Å²) in [5, 5.41) is 0. The molecule has 0 N–H and O–H groups in total. The van der Waals surface area contributed by atoms with E-state index in [-0.39, 0.29) is 18.8 Å². The fourth-order valence-corrected chi connectivity index (χ4v) is 2.56. The molecule has 1 aliphatic rings. The second-order valence-corrected chi connectivity index (χ2v) is 6.33. The van der Waals surface area contributed by atoms with Crippen LogP contribution in [-0.4, -0.2) is 18.4 Å². The number of allylic oxidation sites excluding steroid dienone is 2. The highest BCUT2D eigenvalue weighted by molar-refractivity contribution is 6.03. The van der Waals surface area contributed by atoms with Crippen molar-refractivity contribution in [3.63, 3.8) is 0 Å². The van der Waals surface area contributed by atoms with Crippen molar-refractivity contribution in [3.05, 3.63) is 41.7 Å². The Morgan fingerprint density at radius 1 is 1.26 bits per heavy atom. The molecule has 124 valence electrons. The third-order valence-electron chi connectivity index (χ3n) is 4.48. The van der Waals surface area contributed by atoms with Gasteiger partial charge in [0.2, 0.25) is 0 Å². The molecule has 0 saturated heterocycles. The summed E-state index contributed by atoms with van der Waals surface area (Å²) in [7, 11) is 0. The van der Waals surface area contributed by atoms with E-state index < -0.39 is 23.1 Å². The number of ether oxygens (including phenoxy) is 1. The van der Waals surface area contributed by atoms with Crippen molar-refractivity contribution in [2.75, 3.05) is 6.61 Å². The number of Topliss-reactive ketones (excluding diaryl/α,β-unsaturated/α-hetero) is 1. The van der Waals surface area contributed by atoms with E-state index in [0.29, 0.717) is 5.57 Å². The third-order valence-corrected chi connectivity index (χ3v) is 4.48. The van der Waals surface area contributed by atoms with Crippen LogP contribution in [0.4, 0.5) is 4.39 Å². The Labute approximate surface area is 136 Å². The van der Waals surface area contributed by atoms with Crippen LogP contribution in [0.3, 0.4) is 0 Å². The number of carbonyl (C=O) groups excluding carboxylic acids is 2. The zero-order valence-corrected chi connectivity index (χ0v) is 13.9. The van der Waals surface area contributed by atoms with E-state index in [0.717, 1.165) is 18.4 Å². The van der Waals surface area contributed by atoms with Crippen molar-refractivity contribution in [2.24, 2.45) is 11.3 Å². The average Bonchev–Trinajstić information content (AvgIpc) is 3.31. The molecule has 1 fully saturated rings. The van der Waals surface area contributed by atoms with Crippen LogP contribution in [0.2, 0.25) is 0 Å².